The molecule has 1 heterocycles. The summed E-state index contributed by atoms with van der Waals surface area (Å²) in [6.07, 6.45) is 0.899. The Bertz CT molecular complexity index is 340. The highest BCUT2D eigenvalue weighted by Gasteiger charge is 2.34. The van der Waals surface area contributed by atoms with E-state index in [1.165, 1.54) is 14.2 Å². The smallest absolute Gasteiger partial charge is 0.279 e. The largest absolute Gasteiger partial charge is 0.388 e. The van der Waals surface area contributed by atoms with Crippen molar-refractivity contribution in [2.24, 2.45) is 0 Å². The van der Waals surface area contributed by atoms with E-state index in [9.17, 15) is 13.5 Å². The summed E-state index contributed by atoms with van der Waals surface area (Å²) in [5.41, 5.74) is -0.997. The van der Waals surface area contributed by atoms with Crippen LogP contribution in [0.4, 0.5) is 0 Å². The molecule has 1 aliphatic heterocycles. The molecule has 7 nitrogen and oxygen atoms in total. The molecule has 0 saturated carbocycles. The molecule has 1 saturated heterocycles. The second kappa shape index (κ2) is 6.78. The number of hydrogen-bond acceptors (Lipinski definition) is 5. The van der Waals surface area contributed by atoms with Crippen LogP contribution in [0, 0.1) is 0 Å². The highest BCUT2D eigenvalue weighted by atomic mass is 32.2. The van der Waals surface area contributed by atoms with Crippen LogP contribution < -0.4 is 4.72 Å². The molecule has 0 aromatic rings. The molecule has 0 unspecified atom stereocenters. The average molecular weight is 282 g/mol. The first kappa shape index (κ1) is 15.8. The van der Waals surface area contributed by atoms with Crippen molar-refractivity contribution in [3.63, 3.8) is 0 Å². The maximum Gasteiger partial charge on any atom is 0.279 e. The highest BCUT2D eigenvalue weighted by Crippen LogP contribution is 2.21. The van der Waals surface area contributed by atoms with Crippen molar-refractivity contribution < 1.29 is 23.0 Å². The van der Waals surface area contributed by atoms with E-state index in [0.717, 1.165) is 4.31 Å². The van der Waals surface area contributed by atoms with Crippen molar-refractivity contribution in [2.75, 3.05) is 47.1 Å². The quantitative estimate of drug-likeness (QED) is 0.581. The van der Waals surface area contributed by atoms with Crippen LogP contribution in [0.5, 0.6) is 0 Å². The van der Waals surface area contributed by atoms with E-state index < -0.39 is 15.8 Å². The van der Waals surface area contributed by atoms with Crippen LogP contribution >= 0.6 is 0 Å². The third-order valence-electron chi connectivity index (χ3n) is 2.94. The van der Waals surface area contributed by atoms with Gasteiger partial charge in [0.25, 0.3) is 10.2 Å². The van der Waals surface area contributed by atoms with Crippen molar-refractivity contribution in [3.8, 4) is 0 Å². The Balaban J connectivity index is 2.49. The van der Waals surface area contributed by atoms with Crippen LogP contribution in [0.25, 0.3) is 0 Å². The van der Waals surface area contributed by atoms with E-state index in [4.69, 9.17) is 9.47 Å². The topological polar surface area (TPSA) is 88.1 Å². The van der Waals surface area contributed by atoms with Gasteiger partial charge in [-0.1, -0.05) is 0 Å². The van der Waals surface area contributed by atoms with Crippen molar-refractivity contribution in [1.29, 1.82) is 0 Å². The van der Waals surface area contributed by atoms with Gasteiger partial charge < -0.3 is 14.6 Å². The predicted molar refractivity (Wildman–Crippen MR) is 66.4 cm³/mol. The fraction of sp³-hybridized carbons (Fsp3) is 1.00. The summed E-state index contributed by atoms with van der Waals surface area (Å²) in [5, 5.41) is 10.2. The Morgan fingerprint density at radius 1 is 1.44 bits per heavy atom. The third-order valence-corrected chi connectivity index (χ3v) is 4.46. The van der Waals surface area contributed by atoms with Crippen LogP contribution in [0.15, 0.2) is 0 Å². The molecule has 108 valence electrons. The Kier molecular flexibility index (Phi) is 5.96. The zero-order chi connectivity index (χ0) is 13.6. The summed E-state index contributed by atoms with van der Waals surface area (Å²) in [6, 6.07) is 0. The number of nitrogens with one attached hydrogen (secondary N) is 1. The number of likely N-dealkylation sites (N-methyl/N-ethyl adjacent to an activating group) is 1. The van der Waals surface area contributed by atoms with Gasteiger partial charge in [0.1, 0.15) is 0 Å². The fourth-order valence-electron chi connectivity index (χ4n) is 1.79. The minimum absolute atomic E-state index is 0.0681. The lowest BCUT2D eigenvalue weighted by atomic mass is 9.95. The number of nitrogens with zero attached hydrogens (tertiary/aromatic N) is 1. The summed E-state index contributed by atoms with van der Waals surface area (Å²) in [4.78, 5) is 0. The predicted octanol–water partition coefficient (Wildman–Crippen LogP) is -1.06. The Morgan fingerprint density at radius 3 is 2.61 bits per heavy atom. The normalized spacial score (nSPS) is 20.2. The molecule has 1 fully saturated rings. The standard InChI is InChI=1S/C10H22N2O5S/c1-12(18(14,15)11-5-8-16-2)9-10(13)3-6-17-7-4-10/h11,13H,3-9H2,1-2H3. The molecule has 8 heteroatoms. The molecule has 1 aliphatic rings. The van der Waals surface area contributed by atoms with E-state index in [-0.39, 0.29) is 13.1 Å². The van der Waals surface area contributed by atoms with E-state index in [0.29, 0.717) is 32.7 Å². The van der Waals surface area contributed by atoms with E-state index >= 15 is 0 Å². The second-order valence-electron chi connectivity index (χ2n) is 4.48. The molecule has 0 aromatic heterocycles. The van der Waals surface area contributed by atoms with Crippen LogP contribution in [0.2, 0.25) is 0 Å². The number of ether oxygens (including phenoxy) is 2. The van der Waals surface area contributed by atoms with Gasteiger partial charge in [-0.2, -0.15) is 17.4 Å². The van der Waals surface area contributed by atoms with Gasteiger partial charge in [-0.3, -0.25) is 0 Å². The zero-order valence-electron chi connectivity index (χ0n) is 10.9. The number of rotatable bonds is 7. The molecule has 0 spiro atoms. The molecule has 18 heavy (non-hydrogen) atoms. The first-order valence-electron chi connectivity index (χ1n) is 5.90. The van der Waals surface area contributed by atoms with Crippen molar-refractivity contribution >= 4 is 10.2 Å². The summed E-state index contributed by atoms with van der Waals surface area (Å²) in [6.45, 7) is 1.51. The van der Waals surface area contributed by atoms with Gasteiger partial charge >= 0.3 is 0 Å². The van der Waals surface area contributed by atoms with Gasteiger partial charge in [-0.25, -0.2) is 0 Å². The average Bonchev–Trinajstić information content (AvgIpc) is 2.29. The first-order chi connectivity index (χ1) is 8.40. The minimum atomic E-state index is -3.57. The lowest BCUT2D eigenvalue weighted by molar-refractivity contribution is -0.0690. The molecule has 0 aliphatic carbocycles. The molecule has 0 radical (unpaired) electrons. The number of hydrogen-bond donors (Lipinski definition) is 2. The molecular weight excluding hydrogens is 260 g/mol. The number of methoxy groups -OCH3 is 1. The monoisotopic (exact) mass is 282 g/mol. The highest BCUT2D eigenvalue weighted by molar-refractivity contribution is 7.87. The fourth-order valence-corrected chi connectivity index (χ4v) is 2.76. The molecular formula is C10H22N2O5S. The minimum Gasteiger partial charge on any atom is -0.388 e. The molecule has 0 atom stereocenters. The van der Waals surface area contributed by atoms with Crippen LogP contribution in [-0.2, 0) is 19.7 Å². The summed E-state index contributed by atoms with van der Waals surface area (Å²) in [5.74, 6) is 0. The van der Waals surface area contributed by atoms with Crippen molar-refractivity contribution in [3.05, 3.63) is 0 Å². The third kappa shape index (κ3) is 4.79. The molecule has 0 aromatic carbocycles. The maximum atomic E-state index is 11.8. The van der Waals surface area contributed by atoms with Crippen molar-refractivity contribution in [2.45, 2.75) is 18.4 Å². The van der Waals surface area contributed by atoms with Gasteiger partial charge in [0.05, 0.1) is 12.2 Å². The summed E-state index contributed by atoms with van der Waals surface area (Å²) >= 11 is 0. The Hall–Kier alpha value is -0.250. The van der Waals surface area contributed by atoms with E-state index in [2.05, 4.69) is 4.72 Å². The molecule has 2 N–H and O–H groups in total. The van der Waals surface area contributed by atoms with Crippen LogP contribution in [0.3, 0.4) is 0 Å². The Morgan fingerprint density at radius 2 is 2.06 bits per heavy atom. The lowest BCUT2D eigenvalue weighted by Crippen LogP contribution is -2.50. The van der Waals surface area contributed by atoms with Crippen LogP contribution in [0.1, 0.15) is 12.8 Å². The zero-order valence-corrected chi connectivity index (χ0v) is 11.7. The van der Waals surface area contributed by atoms with E-state index in [1.807, 2.05) is 0 Å². The van der Waals surface area contributed by atoms with Gasteiger partial charge in [-0.15, -0.1) is 0 Å². The number of aliphatic hydroxyl groups is 1. The summed E-state index contributed by atoms with van der Waals surface area (Å²) in [7, 11) is -0.618. The Labute approximate surface area is 108 Å². The van der Waals surface area contributed by atoms with Crippen LogP contribution in [-0.4, -0.2) is 70.5 Å². The van der Waals surface area contributed by atoms with Gasteiger partial charge in [0.15, 0.2) is 0 Å². The second-order valence-corrected chi connectivity index (χ2v) is 6.35. The maximum absolute atomic E-state index is 11.8. The van der Waals surface area contributed by atoms with Crippen molar-refractivity contribution in [1.82, 2.24) is 9.03 Å². The van der Waals surface area contributed by atoms with Gasteiger partial charge in [-0.05, 0) is 0 Å². The van der Waals surface area contributed by atoms with Gasteiger partial charge in [0, 0.05) is 53.3 Å². The molecule has 0 amide bonds. The van der Waals surface area contributed by atoms with Gasteiger partial charge in [0.2, 0.25) is 0 Å². The van der Waals surface area contributed by atoms with E-state index in [1.54, 1.807) is 0 Å². The molecule has 1 rings (SSSR count). The lowest BCUT2D eigenvalue weighted by Gasteiger charge is -2.34. The first-order valence-corrected chi connectivity index (χ1v) is 7.34. The molecule has 0 bridgehead atoms. The SMILES string of the molecule is COCCNS(=O)(=O)N(C)CC1(O)CCOCC1. The summed E-state index contributed by atoms with van der Waals surface area (Å²) < 4.78 is 37.1.